The van der Waals surface area contributed by atoms with Crippen molar-refractivity contribution >= 4 is 21.1 Å². The number of carbonyl (C=O) groups is 1. The van der Waals surface area contributed by atoms with Crippen molar-refractivity contribution in [1.82, 2.24) is 10.2 Å². The minimum atomic E-state index is -2.36. The van der Waals surface area contributed by atoms with Gasteiger partial charge in [-0.2, -0.15) is 8.42 Å². The van der Waals surface area contributed by atoms with Crippen LogP contribution in [-0.4, -0.2) is 50.3 Å². The molecule has 0 fully saturated rings. The SMILES string of the molecule is CCN(CC)CCNC(=O)C1C=CC=CC1=S(=O)=O. The first-order valence-electron chi connectivity index (χ1n) is 6.41. The Hall–Kier alpha value is -1.40. The second-order valence-electron chi connectivity index (χ2n) is 4.18. The molecule has 0 aliphatic heterocycles. The van der Waals surface area contributed by atoms with Gasteiger partial charge in [-0.3, -0.25) is 4.79 Å². The van der Waals surface area contributed by atoms with Gasteiger partial charge in [-0.15, -0.1) is 0 Å². The molecule has 0 heterocycles. The lowest BCUT2D eigenvalue weighted by atomic mass is 10.00. The first-order chi connectivity index (χ1) is 9.10. The molecule has 0 saturated heterocycles. The quantitative estimate of drug-likeness (QED) is 0.710. The molecular formula is C13H20N2O3S. The van der Waals surface area contributed by atoms with E-state index in [1.54, 1.807) is 18.2 Å². The normalized spacial score (nSPS) is 17.8. The second-order valence-corrected chi connectivity index (χ2v) is 5.12. The minimum Gasteiger partial charge on any atom is -0.354 e. The zero-order valence-corrected chi connectivity index (χ0v) is 12.1. The van der Waals surface area contributed by atoms with Crippen LogP contribution in [0.1, 0.15) is 13.8 Å². The fourth-order valence-electron chi connectivity index (χ4n) is 1.89. The van der Waals surface area contributed by atoms with Crippen LogP contribution in [0.25, 0.3) is 0 Å². The van der Waals surface area contributed by atoms with E-state index >= 15 is 0 Å². The predicted molar refractivity (Wildman–Crippen MR) is 76.5 cm³/mol. The summed E-state index contributed by atoms with van der Waals surface area (Å²) in [5.41, 5.74) is 0. The van der Waals surface area contributed by atoms with Gasteiger partial charge < -0.3 is 10.2 Å². The first kappa shape index (κ1) is 15.7. The number of allylic oxidation sites excluding steroid dienone is 3. The van der Waals surface area contributed by atoms with Crippen LogP contribution in [-0.2, 0) is 15.1 Å². The summed E-state index contributed by atoms with van der Waals surface area (Å²) in [5.74, 6) is -0.980. The molecular weight excluding hydrogens is 264 g/mol. The summed E-state index contributed by atoms with van der Waals surface area (Å²) in [6, 6.07) is 0. The van der Waals surface area contributed by atoms with Crippen molar-refractivity contribution in [2.45, 2.75) is 13.8 Å². The Morgan fingerprint density at radius 2 is 2.00 bits per heavy atom. The van der Waals surface area contributed by atoms with Gasteiger partial charge in [0.05, 0.1) is 10.8 Å². The number of rotatable bonds is 6. The maximum Gasteiger partial charge on any atom is 0.232 e. The molecule has 1 aliphatic rings. The summed E-state index contributed by atoms with van der Waals surface area (Å²) in [7, 11) is -2.36. The summed E-state index contributed by atoms with van der Waals surface area (Å²) in [6.07, 6.45) is 6.35. The molecule has 19 heavy (non-hydrogen) atoms. The summed E-state index contributed by atoms with van der Waals surface area (Å²) in [4.78, 5) is 14.3. The van der Waals surface area contributed by atoms with Crippen LogP contribution < -0.4 is 5.32 Å². The van der Waals surface area contributed by atoms with E-state index in [2.05, 4.69) is 24.1 Å². The van der Waals surface area contributed by atoms with E-state index < -0.39 is 16.2 Å². The molecule has 0 aromatic heterocycles. The third-order valence-corrected chi connectivity index (χ3v) is 3.85. The Bertz CT molecular complexity index is 494. The van der Waals surface area contributed by atoms with E-state index in [0.717, 1.165) is 19.6 Å². The van der Waals surface area contributed by atoms with E-state index in [4.69, 9.17) is 0 Å². The number of amides is 1. The average Bonchev–Trinajstić information content (AvgIpc) is 2.43. The lowest BCUT2D eigenvalue weighted by molar-refractivity contribution is -0.121. The standard InChI is InChI=1S/C13H20N2O3S/c1-3-15(4-2)10-9-14-13(16)11-7-5-6-8-12(11)19(17)18/h5-8,11H,3-4,9-10H2,1-2H3,(H,14,16). The number of hydrogen-bond acceptors (Lipinski definition) is 4. The van der Waals surface area contributed by atoms with Crippen molar-refractivity contribution < 1.29 is 13.2 Å². The lowest BCUT2D eigenvalue weighted by Gasteiger charge is -2.19. The molecule has 0 saturated carbocycles. The number of nitrogens with zero attached hydrogens (tertiary/aromatic N) is 1. The molecule has 0 radical (unpaired) electrons. The second kappa shape index (κ2) is 7.91. The highest BCUT2D eigenvalue weighted by Gasteiger charge is 2.22. The summed E-state index contributed by atoms with van der Waals surface area (Å²) in [5, 5.41) is 2.78. The van der Waals surface area contributed by atoms with Crippen molar-refractivity contribution in [2.24, 2.45) is 5.92 Å². The summed E-state index contributed by atoms with van der Waals surface area (Å²) < 4.78 is 22.1. The Morgan fingerprint density at radius 1 is 1.32 bits per heavy atom. The van der Waals surface area contributed by atoms with Crippen LogP contribution in [0.3, 0.4) is 0 Å². The largest absolute Gasteiger partial charge is 0.354 e. The molecule has 1 amide bonds. The molecule has 5 nitrogen and oxygen atoms in total. The van der Waals surface area contributed by atoms with Gasteiger partial charge in [0.1, 0.15) is 0 Å². The van der Waals surface area contributed by atoms with Crippen LogP contribution in [0.15, 0.2) is 24.3 Å². The molecule has 1 unspecified atom stereocenters. The highest BCUT2D eigenvalue weighted by Crippen LogP contribution is 2.08. The average molecular weight is 284 g/mol. The van der Waals surface area contributed by atoms with Gasteiger partial charge in [0, 0.05) is 13.1 Å². The zero-order chi connectivity index (χ0) is 14.3. The van der Waals surface area contributed by atoms with E-state index in [9.17, 15) is 13.2 Å². The van der Waals surface area contributed by atoms with Crippen molar-refractivity contribution in [3.63, 3.8) is 0 Å². The zero-order valence-electron chi connectivity index (χ0n) is 11.3. The van der Waals surface area contributed by atoms with Crippen LogP contribution in [0, 0.1) is 5.92 Å². The number of hydrogen-bond donors (Lipinski definition) is 1. The van der Waals surface area contributed by atoms with Crippen molar-refractivity contribution in [3.8, 4) is 0 Å². The molecule has 106 valence electrons. The van der Waals surface area contributed by atoms with Gasteiger partial charge in [0.15, 0.2) is 0 Å². The predicted octanol–water partition coefficient (Wildman–Crippen LogP) is 0.238. The van der Waals surface area contributed by atoms with E-state index in [0.29, 0.717) is 6.54 Å². The molecule has 1 aliphatic carbocycles. The maximum atomic E-state index is 12.0. The molecule has 0 spiro atoms. The van der Waals surface area contributed by atoms with Gasteiger partial charge >= 0.3 is 0 Å². The highest BCUT2D eigenvalue weighted by atomic mass is 32.2. The molecule has 0 bridgehead atoms. The monoisotopic (exact) mass is 284 g/mol. The van der Waals surface area contributed by atoms with Gasteiger partial charge in [-0.05, 0) is 19.2 Å². The summed E-state index contributed by atoms with van der Waals surface area (Å²) in [6.45, 7) is 7.27. The molecule has 0 aromatic rings. The Balaban J connectivity index is 2.57. The highest BCUT2D eigenvalue weighted by molar-refractivity contribution is 7.73. The van der Waals surface area contributed by atoms with Gasteiger partial charge in [0.25, 0.3) is 0 Å². The maximum absolute atomic E-state index is 12.0. The fraction of sp³-hybridized carbons (Fsp3) is 0.538. The van der Waals surface area contributed by atoms with Crippen LogP contribution in [0.4, 0.5) is 0 Å². The number of nitrogens with one attached hydrogen (secondary N) is 1. The Kier molecular flexibility index (Phi) is 6.52. The van der Waals surface area contributed by atoms with E-state index in [-0.39, 0.29) is 10.8 Å². The summed E-state index contributed by atoms with van der Waals surface area (Å²) >= 11 is 0. The lowest BCUT2D eigenvalue weighted by Crippen LogP contribution is -2.39. The van der Waals surface area contributed by atoms with E-state index in [1.165, 1.54) is 6.08 Å². The van der Waals surface area contributed by atoms with E-state index in [1.807, 2.05) is 0 Å². The molecule has 0 aromatic carbocycles. The van der Waals surface area contributed by atoms with Gasteiger partial charge in [-0.1, -0.05) is 32.1 Å². The van der Waals surface area contributed by atoms with Crippen LogP contribution in [0.5, 0.6) is 0 Å². The number of likely N-dealkylation sites (N-methyl/N-ethyl adjacent to an activating group) is 1. The third-order valence-electron chi connectivity index (χ3n) is 3.08. The minimum absolute atomic E-state index is 0.114. The van der Waals surface area contributed by atoms with Gasteiger partial charge in [0.2, 0.25) is 16.2 Å². The third kappa shape index (κ3) is 4.65. The fourth-order valence-corrected chi connectivity index (χ4v) is 2.47. The number of carbonyl (C=O) groups excluding carboxylic acids is 1. The van der Waals surface area contributed by atoms with Crippen LogP contribution >= 0.6 is 0 Å². The first-order valence-corrected chi connectivity index (χ1v) is 7.48. The van der Waals surface area contributed by atoms with Crippen molar-refractivity contribution in [1.29, 1.82) is 0 Å². The van der Waals surface area contributed by atoms with Crippen molar-refractivity contribution in [2.75, 3.05) is 26.2 Å². The van der Waals surface area contributed by atoms with Gasteiger partial charge in [-0.25, -0.2) is 0 Å². The molecule has 6 heteroatoms. The van der Waals surface area contributed by atoms with Crippen LogP contribution in [0.2, 0.25) is 0 Å². The van der Waals surface area contributed by atoms with Crippen molar-refractivity contribution in [3.05, 3.63) is 24.3 Å². The molecule has 1 rings (SSSR count). The molecule has 1 atom stereocenters. The topological polar surface area (TPSA) is 66.5 Å². The smallest absolute Gasteiger partial charge is 0.232 e. The molecule has 1 N–H and O–H groups in total. The Labute approximate surface area is 115 Å². The Morgan fingerprint density at radius 3 is 2.58 bits per heavy atom.